The summed E-state index contributed by atoms with van der Waals surface area (Å²) in [5.74, 6) is -0.879. The van der Waals surface area contributed by atoms with Crippen LogP contribution in [0.4, 0.5) is 5.69 Å². The van der Waals surface area contributed by atoms with Crippen LogP contribution >= 0.6 is 0 Å². The summed E-state index contributed by atoms with van der Waals surface area (Å²) in [5.41, 5.74) is 5.68. The highest BCUT2D eigenvalue weighted by atomic mass is 16.5. The van der Waals surface area contributed by atoms with Gasteiger partial charge in [-0.05, 0) is 23.8 Å². The molecule has 1 unspecified atom stereocenters. The van der Waals surface area contributed by atoms with Crippen LogP contribution in [0.2, 0.25) is 0 Å². The molecule has 2 heterocycles. The first kappa shape index (κ1) is 20.4. The van der Waals surface area contributed by atoms with E-state index in [2.05, 4.69) is 30.8 Å². The number of hydrogen-bond acceptors (Lipinski definition) is 9. The zero-order valence-electron chi connectivity index (χ0n) is 15.7. The Kier molecular flexibility index (Phi) is 6.81. The van der Waals surface area contributed by atoms with Crippen LogP contribution < -0.4 is 11.1 Å². The van der Waals surface area contributed by atoms with E-state index in [1.165, 1.54) is 0 Å². The average molecular weight is 401 g/mol. The number of rotatable bonds is 8. The SMILES string of the molecule is N=C(/C(N)=N\O)c1nnn(C(CCN2CCOCC2)C(=O)Nc2ccccc2)n1. The van der Waals surface area contributed by atoms with Crippen molar-refractivity contribution in [1.29, 1.82) is 5.41 Å². The first-order chi connectivity index (χ1) is 14.1. The first-order valence-corrected chi connectivity index (χ1v) is 9.11. The summed E-state index contributed by atoms with van der Waals surface area (Å²) in [5, 5.41) is 33.9. The smallest absolute Gasteiger partial charge is 0.251 e. The van der Waals surface area contributed by atoms with Crippen molar-refractivity contribution in [1.82, 2.24) is 25.1 Å². The van der Waals surface area contributed by atoms with Gasteiger partial charge in [0, 0.05) is 25.3 Å². The number of ether oxygens (including phenoxy) is 1. The van der Waals surface area contributed by atoms with Crippen molar-refractivity contribution in [3.05, 3.63) is 36.2 Å². The van der Waals surface area contributed by atoms with Crippen LogP contribution in [-0.2, 0) is 9.53 Å². The number of nitrogens with one attached hydrogen (secondary N) is 2. The minimum atomic E-state index is -0.751. The Hall–Kier alpha value is -3.38. The number of aromatic nitrogens is 4. The quantitative estimate of drug-likeness (QED) is 0.202. The van der Waals surface area contributed by atoms with Crippen molar-refractivity contribution >= 4 is 23.1 Å². The molecule has 154 valence electrons. The molecule has 2 aromatic rings. The highest BCUT2D eigenvalue weighted by Gasteiger charge is 2.26. The number of nitrogens with zero attached hydrogens (tertiary/aromatic N) is 6. The van der Waals surface area contributed by atoms with Crippen LogP contribution in [0.5, 0.6) is 0 Å². The minimum Gasteiger partial charge on any atom is -0.409 e. The Bertz CT molecular complexity index is 862. The molecule has 0 spiro atoms. The summed E-state index contributed by atoms with van der Waals surface area (Å²) in [6.07, 6.45) is 0.436. The van der Waals surface area contributed by atoms with E-state index in [1.807, 2.05) is 18.2 Å². The molecule has 12 nitrogen and oxygen atoms in total. The highest BCUT2D eigenvalue weighted by Crippen LogP contribution is 2.15. The summed E-state index contributed by atoms with van der Waals surface area (Å²) < 4.78 is 5.35. The summed E-state index contributed by atoms with van der Waals surface area (Å²) in [6, 6.07) is 8.32. The summed E-state index contributed by atoms with van der Waals surface area (Å²) >= 11 is 0. The Morgan fingerprint density at radius 1 is 1.34 bits per heavy atom. The van der Waals surface area contributed by atoms with Gasteiger partial charge < -0.3 is 21.0 Å². The molecule has 0 aliphatic carbocycles. The van der Waals surface area contributed by atoms with Gasteiger partial charge in [-0.3, -0.25) is 15.1 Å². The predicted molar refractivity (Wildman–Crippen MR) is 104 cm³/mol. The van der Waals surface area contributed by atoms with E-state index < -0.39 is 11.9 Å². The van der Waals surface area contributed by atoms with Crippen molar-refractivity contribution in [3.8, 4) is 0 Å². The Labute approximate surface area is 166 Å². The normalized spacial score (nSPS) is 16.3. The summed E-state index contributed by atoms with van der Waals surface area (Å²) in [4.78, 5) is 16.3. The molecule has 1 fully saturated rings. The summed E-state index contributed by atoms with van der Waals surface area (Å²) in [7, 11) is 0. The minimum absolute atomic E-state index is 0.135. The van der Waals surface area contributed by atoms with Crippen molar-refractivity contribution in [2.24, 2.45) is 10.9 Å². The van der Waals surface area contributed by atoms with E-state index >= 15 is 0 Å². The van der Waals surface area contributed by atoms with E-state index in [9.17, 15) is 4.79 Å². The molecular formula is C17H23N9O3. The van der Waals surface area contributed by atoms with Crippen LogP contribution in [0.15, 0.2) is 35.5 Å². The van der Waals surface area contributed by atoms with E-state index in [4.69, 9.17) is 21.1 Å². The Morgan fingerprint density at radius 3 is 2.76 bits per heavy atom. The van der Waals surface area contributed by atoms with E-state index in [1.54, 1.807) is 12.1 Å². The number of oxime groups is 1. The monoisotopic (exact) mass is 401 g/mol. The van der Waals surface area contributed by atoms with Crippen LogP contribution in [0.25, 0.3) is 0 Å². The lowest BCUT2D eigenvalue weighted by atomic mass is 10.1. The van der Waals surface area contributed by atoms with Gasteiger partial charge in [0.05, 0.1) is 13.2 Å². The molecule has 1 atom stereocenters. The van der Waals surface area contributed by atoms with Crippen LogP contribution in [-0.4, -0.2) is 80.6 Å². The topological polar surface area (TPSA) is 168 Å². The molecule has 29 heavy (non-hydrogen) atoms. The molecule has 1 aromatic heterocycles. The van der Waals surface area contributed by atoms with Gasteiger partial charge in [-0.1, -0.05) is 23.4 Å². The molecule has 1 aliphatic heterocycles. The molecular weight excluding hydrogens is 378 g/mol. The number of nitrogens with two attached hydrogens (primary N) is 1. The van der Waals surface area contributed by atoms with Crippen LogP contribution in [0, 0.1) is 5.41 Å². The fourth-order valence-corrected chi connectivity index (χ4v) is 2.85. The van der Waals surface area contributed by atoms with Crippen LogP contribution in [0.3, 0.4) is 0 Å². The molecule has 1 amide bonds. The zero-order valence-corrected chi connectivity index (χ0v) is 15.7. The first-order valence-electron chi connectivity index (χ1n) is 9.11. The number of amides is 1. The molecule has 1 saturated heterocycles. The number of carbonyl (C=O) groups excluding carboxylic acids is 1. The number of anilines is 1. The summed E-state index contributed by atoms with van der Waals surface area (Å²) in [6.45, 7) is 3.53. The van der Waals surface area contributed by atoms with E-state index in [-0.39, 0.29) is 17.4 Å². The van der Waals surface area contributed by atoms with E-state index in [0.29, 0.717) is 31.9 Å². The van der Waals surface area contributed by atoms with Gasteiger partial charge in [0.2, 0.25) is 5.82 Å². The third-order valence-electron chi connectivity index (χ3n) is 4.46. The Balaban J connectivity index is 1.77. The predicted octanol–water partition coefficient (Wildman–Crippen LogP) is -0.311. The number of hydrogen-bond donors (Lipinski definition) is 4. The number of carbonyl (C=O) groups is 1. The van der Waals surface area contributed by atoms with Gasteiger partial charge in [0.1, 0.15) is 5.71 Å². The van der Waals surface area contributed by atoms with Crippen molar-refractivity contribution < 1.29 is 14.7 Å². The van der Waals surface area contributed by atoms with Gasteiger partial charge in [-0.15, -0.1) is 10.2 Å². The number of morpholine rings is 1. The standard InChI is InChI=1S/C17H23N9O3/c18-14(15(19)23-28)16-21-24-26(22-16)13(6-7-25-8-10-29-11-9-25)17(27)20-12-4-2-1-3-5-12/h1-5,13,18,28H,6-11H2,(H2,19,23)(H,20,27). The lowest BCUT2D eigenvalue weighted by Crippen LogP contribution is -2.39. The third-order valence-corrected chi connectivity index (χ3v) is 4.46. The van der Waals surface area contributed by atoms with Gasteiger partial charge in [-0.2, -0.15) is 4.80 Å². The second-order valence-electron chi connectivity index (χ2n) is 6.41. The number of tetrazole rings is 1. The fraction of sp³-hybridized carbons (Fsp3) is 0.412. The molecule has 0 bridgehead atoms. The number of benzene rings is 1. The molecule has 0 radical (unpaired) electrons. The highest BCUT2D eigenvalue weighted by molar-refractivity contribution is 6.44. The molecule has 5 N–H and O–H groups in total. The van der Waals surface area contributed by atoms with Gasteiger partial charge in [-0.25, -0.2) is 0 Å². The van der Waals surface area contributed by atoms with Crippen molar-refractivity contribution in [3.63, 3.8) is 0 Å². The average Bonchev–Trinajstić information content (AvgIpc) is 3.24. The van der Waals surface area contributed by atoms with Gasteiger partial charge >= 0.3 is 0 Å². The second kappa shape index (κ2) is 9.71. The maximum absolute atomic E-state index is 12.9. The van der Waals surface area contributed by atoms with Crippen molar-refractivity contribution in [2.45, 2.75) is 12.5 Å². The van der Waals surface area contributed by atoms with Crippen molar-refractivity contribution in [2.75, 3.05) is 38.2 Å². The fourth-order valence-electron chi connectivity index (χ4n) is 2.85. The van der Waals surface area contributed by atoms with E-state index in [0.717, 1.165) is 17.9 Å². The lowest BCUT2D eigenvalue weighted by molar-refractivity contribution is -0.120. The molecule has 1 aromatic carbocycles. The molecule has 1 aliphatic rings. The zero-order chi connectivity index (χ0) is 20.6. The molecule has 12 heteroatoms. The van der Waals surface area contributed by atoms with Crippen LogP contribution in [0.1, 0.15) is 18.3 Å². The molecule has 3 rings (SSSR count). The number of amidine groups is 1. The van der Waals surface area contributed by atoms with Gasteiger partial charge in [0.15, 0.2) is 11.9 Å². The maximum atomic E-state index is 12.9. The number of para-hydroxylation sites is 1. The third kappa shape index (κ3) is 5.33. The van der Waals surface area contributed by atoms with Gasteiger partial charge in [0.25, 0.3) is 5.91 Å². The Morgan fingerprint density at radius 2 is 2.07 bits per heavy atom. The lowest BCUT2D eigenvalue weighted by Gasteiger charge is -2.27. The second-order valence-corrected chi connectivity index (χ2v) is 6.41. The largest absolute Gasteiger partial charge is 0.409 e. The molecule has 0 saturated carbocycles. The maximum Gasteiger partial charge on any atom is 0.251 e.